The SMILES string of the molecule is c1ccc2c(-c3cnco3)c3ccccc3c(-c3cnco3)c2c1. The molecule has 0 N–H and O–H groups in total. The zero-order valence-electron chi connectivity index (χ0n) is 12.6. The predicted molar refractivity (Wildman–Crippen MR) is 92.4 cm³/mol. The van der Waals surface area contributed by atoms with Crippen molar-refractivity contribution >= 4 is 21.5 Å². The van der Waals surface area contributed by atoms with Crippen molar-refractivity contribution in [3.63, 3.8) is 0 Å². The van der Waals surface area contributed by atoms with Crippen molar-refractivity contribution in [1.29, 1.82) is 0 Å². The van der Waals surface area contributed by atoms with Gasteiger partial charge in [0.05, 0.1) is 12.4 Å². The molecule has 0 aliphatic carbocycles. The minimum Gasteiger partial charge on any atom is -0.443 e. The fourth-order valence-corrected chi connectivity index (χ4v) is 3.34. The molecule has 2 aromatic heterocycles. The topological polar surface area (TPSA) is 52.1 Å². The van der Waals surface area contributed by atoms with Crippen LogP contribution in [0.4, 0.5) is 0 Å². The molecule has 0 unspecified atom stereocenters. The second-order valence-corrected chi connectivity index (χ2v) is 5.57. The van der Waals surface area contributed by atoms with Crippen LogP contribution in [0.25, 0.3) is 44.2 Å². The Kier molecular flexibility index (Phi) is 2.76. The Morgan fingerprint density at radius 2 is 0.917 bits per heavy atom. The summed E-state index contributed by atoms with van der Waals surface area (Å²) >= 11 is 0. The van der Waals surface area contributed by atoms with E-state index in [0.29, 0.717) is 0 Å². The highest BCUT2D eigenvalue weighted by molar-refractivity contribution is 6.20. The van der Waals surface area contributed by atoms with E-state index in [-0.39, 0.29) is 0 Å². The van der Waals surface area contributed by atoms with Crippen LogP contribution >= 0.6 is 0 Å². The van der Waals surface area contributed by atoms with Gasteiger partial charge in [-0.15, -0.1) is 0 Å². The van der Waals surface area contributed by atoms with Crippen molar-refractivity contribution in [3.05, 3.63) is 73.7 Å². The summed E-state index contributed by atoms with van der Waals surface area (Å²) in [7, 11) is 0. The molecule has 0 aliphatic heterocycles. The Morgan fingerprint density at radius 3 is 1.21 bits per heavy atom. The molecular formula is C20H12N2O2. The maximum Gasteiger partial charge on any atom is 0.181 e. The van der Waals surface area contributed by atoms with Crippen LogP contribution in [-0.2, 0) is 0 Å². The molecule has 0 spiro atoms. The molecule has 4 nitrogen and oxygen atoms in total. The average molecular weight is 312 g/mol. The lowest BCUT2D eigenvalue weighted by molar-refractivity contribution is 0.572. The van der Waals surface area contributed by atoms with E-state index in [1.165, 1.54) is 12.8 Å². The first kappa shape index (κ1) is 13.1. The predicted octanol–water partition coefficient (Wildman–Crippen LogP) is 5.30. The lowest BCUT2D eigenvalue weighted by atomic mass is 9.90. The molecule has 0 atom stereocenters. The van der Waals surface area contributed by atoms with Crippen LogP contribution in [0.1, 0.15) is 0 Å². The summed E-state index contributed by atoms with van der Waals surface area (Å²) in [6.45, 7) is 0. The Morgan fingerprint density at radius 1 is 0.542 bits per heavy atom. The van der Waals surface area contributed by atoms with Gasteiger partial charge < -0.3 is 8.83 Å². The van der Waals surface area contributed by atoms with Crippen LogP contribution in [0.2, 0.25) is 0 Å². The zero-order valence-corrected chi connectivity index (χ0v) is 12.6. The maximum atomic E-state index is 5.62. The maximum absolute atomic E-state index is 5.62. The van der Waals surface area contributed by atoms with Gasteiger partial charge in [0.2, 0.25) is 0 Å². The lowest BCUT2D eigenvalue weighted by Gasteiger charge is -2.14. The van der Waals surface area contributed by atoms with E-state index in [9.17, 15) is 0 Å². The molecular weight excluding hydrogens is 300 g/mol. The quantitative estimate of drug-likeness (QED) is 0.415. The fraction of sp³-hybridized carbons (Fsp3) is 0. The van der Waals surface area contributed by atoms with Crippen LogP contribution in [0, 0.1) is 0 Å². The number of oxazole rings is 2. The van der Waals surface area contributed by atoms with Gasteiger partial charge in [-0.3, -0.25) is 0 Å². The number of benzene rings is 3. The van der Waals surface area contributed by atoms with E-state index in [2.05, 4.69) is 34.2 Å². The molecule has 0 saturated carbocycles. The van der Waals surface area contributed by atoms with Crippen molar-refractivity contribution in [2.24, 2.45) is 0 Å². The Labute approximate surface area is 137 Å². The third kappa shape index (κ3) is 1.80. The van der Waals surface area contributed by atoms with Gasteiger partial charge in [0, 0.05) is 11.1 Å². The molecule has 0 aliphatic rings. The van der Waals surface area contributed by atoms with Crippen LogP contribution in [-0.4, -0.2) is 9.97 Å². The van der Waals surface area contributed by atoms with Gasteiger partial charge >= 0.3 is 0 Å². The van der Waals surface area contributed by atoms with Gasteiger partial charge in [-0.05, 0) is 21.5 Å². The first-order valence-corrected chi connectivity index (χ1v) is 7.64. The number of nitrogens with zero attached hydrogens (tertiary/aromatic N) is 2. The summed E-state index contributed by atoms with van der Waals surface area (Å²) in [4.78, 5) is 8.18. The summed E-state index contributed by atoms with van der Waals surface area (Å²) in [5, 5.41) is 4.39. The third-order valence-corrected chi connectivity index (χ3v) is 4.29. The Hall–Kier alpha value is -3.40. The molecule has 0 bridgehead atoms. The molecule has 0 saturated heterocycles. The number of hydrogen-bond donors (Lipinski definition) is 0. The average Bonchev–Trinajstić information content (AvgIpc) is 3.33. The largest absolute Gasteiger partial charge is 0.443 e. The standard InChI is InChI=1S/C20H12N2O2/c1-2-6-14-13(5-1)19(17-9-21-11-23-17)15-7-3-4-8-16(15)20(14)18-10-22-12-24-18/h1-12H. The summed E-state index contributed by atoms with van der Waals surface area (Å²) in [5.74, 6) is 1.51. The monoisotopic (exact) mass is 312 g/mol. The molecule has 24 heavy (non-hydrogen) atoms. The van der Waals surface area contributed by atoms with Crippen LogP contribution in [0.15, 0.2) is 82.5 Å². The summed E-state index contributed by atoms with van der Waals surface area (Å²) in [6, 6.07) is 16.5. The van der Waals surface area contributed by atoms with E-state index < -0.39 is 0 Å². The lowest BCUT2D eigenvalue weighted by Crippen LogP contribution is -1.88. The molecule has 0 radical (unpaired) electrons. The van der Waals surface area contributed by atoms with Crippen LogP contribution < -0.4 is 0 Å². The molecule has 3 aromatic carbocycles. The fourth-order valence-electron chi connectivity index (χ4n) is 3.34. The highest BCUT2D eigenvalue weighted by atomic mass is 16.3. The minimum atomic E-state index is 0.756. The second kappa shape index (κ2) is 5.06. The van der Waals surface area contributed by atoms with Gasteiger partial charge in [0.15, 0.2) is 24.3 Å². The van der Waals surface area contributed by atoms with Crippen molar-refractivity contribution in [3.8, 4) is 22.6 Å². The van der Waals surface area contributed by atoms with Gasteiger partial charge in [0.25, 0.3) is 0 Å². The Balaban J connectivity index is 2.06. The highest BCUT2D eigenvalue weighted by Gasteiger charge is 2.18. The second-order valence-electron chi connectivity index (χ2n) is 5.57. The van der Waals surface area contributed by atoms with Crippen LogP contribution in [0.5, 0.6) is 0 Å². The van der Waals surface area contributed by atoms with Crippen molar-refractivity contribution < 1.29 is 8.83 Å². The normalized spacial score (nSPS) is 11.3. The molecule has 5 aromatic rings. The van der Waals surface area contributed by atoms with Gasteiger partial charge in [-0.1, -0.05) is 48.5 Å². The van der Waals surface area contributed by atoms with E-state index in [4.69, 9.17) is 8.83 Å². The number of hydrogen-bond acceptors (Lipinski definition) is 4. The number of fused-ring (bicyclic) bond motifs is 2. The first-order valence-electron chi connectivity index (χ1n) is 7.64. The Bertz CT molecular complexity index is 994. The molecule has 4 heteroatoms. The van der Waals surface area contributed by atoms with Crippen molar-refractivity contribution in [2.45, 2.75) is 0 Å². The molecule has 0 fully saturated rings. The van der Waals surface area contributed by atoms with E-state index >= 15 is 0 Å². The summed E-state index contributed by atoms with van der Waals surface area (Å²) < 4.78 is 11.2. The molecule has 0 amide bonds. The van der Waals surface area contributed by atoms with Crippen molar-refractivity contribution in [2.75, 3.05) is 0 Å². The third-order valence-electron chi connectivity index (χ3n) is 4.29. The van der Waals surface area contributed by atoms with Crippen molar-refractivity contribution in [1.82, 2.24) is 9.97 Å². The van der Waals surface area contributed by atoms with E-state index in [1.807, 2.05) is 24.3 Å². The highest BCUT2D eigenvalue weighted by Crippen LogP contribution is 2.43. The van der Waals surface area contributed by atoms with Gasteiger partial charge in [0.1, 0.15) is 0 Å². The minimum absolute atomic E-state index is 0.756. The van der Waals surface area contributed by atoms with E-state index in [0.717, 1.165) is 44.2 Å². The van der Waals surface area contributed by atoms with Gasteiger partial charge in [-0.25, -0.2) is 9.97 Å². The first-order chi connectivity index (χ1) is 11.9. The van der Waals surface area contributed by atoms with E-state index in [1.54, 1.807) is 12.4 Å². The molecule has 2 heterocycles. The molecule has 114 valence electrons. The summed E-state index contributed by atoms with van der Waals surface area (Å²) in [5.41, 5.74) is 2.09. The smallest absolute Gasteiger partial charge is 0.181 e. The number of aromatic nitrogens is 2. The molecule has 5 rings (SSSR count). The van der Waals surface area contributed by atoms with Gasteiger partial charge in [-0.2, -0.15) is 0 Å². The zero-order chi connectivity index (χ0) is 15.9. The number of rotatable bonds is 2. The summed E-state index contributed by atoms with van der Waals surface area (Å²) in [6.07, 6.45) is 6.43. The van der Waals surface area contributed by atoms with Crippen LogP contribution in [0.3, 0.4) is 0 Å².